The fourth-order valence-electron chi connectivity index (χ4n) is 2.99. The third kappa shape index (κ3) is 4.38. The molecular weight excluding hydrogens is 316 g/mol. The van der Waals surface area contributed by atoms with Crippen LogP contribution in [0.5, 0.6) is 5.75 Å². The quantitative estimate of drug-likeness (QED) is 0.881. The van der Waals surface area contributed by atoms with Crippen molar-refractivity contribution < 1.29 is 14.3 Å². The van der Waals surface area contributed by atoms with E-state index in [2.05, 4.69) is 17.4 Å². The van der Waals surface area contributed by atoms with Gasteiger partial charge in [0, 0.05) is 25.2 Å². The molecule has 3 rings (SSSR count). The molecule has 5 heteroatoms. The van der Waals surface area contributed by atoms with Crippen LogP contribution in [0, 0.1) is 5.92 Å². The van der Waals surface area contributed by atoms with Crippen LogP contribution in [0.3, 0.4) is 0 Å². The van der Waals surface area contributed by atoms with Crippen LogP contribution in [0.1, 0.15) is 12.0 Å². The molecule has 5 nitrogen and oxygen atoms in total. The molecule has 1 fully saturated rings. The van der Waals surface area contributed by atoms with E-state index in [4.69, 9.17) is 4.74 Å². The first kappa shape index (κ1) is 17.0. The van der Waals surface area contributed by atoms with E-state index in [1.807, 2.05) is 18.2 Å². The van der Waals surface area contributed by atoms with Crippen molar-refractivity contribution in [1.82, 2.24) is 4.90 Å². The van der Waals surface area contributed by atoms with E-state index in [0.29, 0.717) is 18.8 Å². The molecule has 1 N–H and O–H groups in total. The molecule has 0 saturated carbocycles. The van der Waals surface area contributed by atoms with Crippen molar-refractivity contribution in [3.05, 3.63) is 60.2 Å². The zero-order valence-corrected chi connectivity index (χ0v) is 14.3. The van der Waals surface area contributed by atoms with E-state index in [1.54, 1.807) is 36.3 Å². The molecule has 0 spiro atoms. The first-order valence-corrected chi connectivity index (χ1v) is 8.42. The summed E-state index contributed by atoms with van der Waals surface area (Å²) in [5, 5.41) is 2.88. The van der Waals surface area contributed by atoms with Crippen LogP contribution in [0.2, 0.25) is 0 Å². The van der Waals surface area contributed by atoms with Gasteiger partial charge in [-0.15, -0.1) is 0 Å². The van der Waals surface area contributed by atoms with E-state index >= 15 is 0 Å². The minimum absolute atomic E-state index is 0.0470. The smallest absolute Gasteiger partial charge is 0.229 e. The average molecular weight is 338 g/mol. The Morgan fingerprint density at radius 3 is 2.56 bits per heavy atom. The molecule has 0 radical (unpaired) electrons. The van der Waals surface area contributed by atoms with Gasteiger partial charge in [0.25, 0.3) is 0 Å². The predicted molar refractivity (Wildman–Crippen MR) is 96.5 cm³/mol. The molecule has 2 aromatic carbocycles. The van der Waals surface area contributed by atoms with E-state index in [1.165, 1.54) is 5.56 Å². The summed E-state index contributed by atoms with van der Waals surface area (Å²) in [6.45, 7) is 1.13. The summed E-state index contributed by atoms with van der Waals surface area (Å²) in [5.74, 6) is 0.373. The number of carbonyl (C=O) groups excluding carboxylic acids is 2. The molecule has 0 aliphatic carbocycles. The van der Waals surface area contributed by atoms with Crippen molar-refractivity contribution in [3.8, 4) is 5.75 Å². The van der Waals surface area contributed by atoms with E-state index in [9.17, 15) is 9.59 Å². The fourth-order valence-corrected chi connectivity index (χ4v) is 2.99. The number of methoxy groups -OCH3 is 1. The maximum Gasteiger partial charge on any atom is 0.229 e. The number of benzene rings is 2. The van der Waals surface area contributed by atoms with Gasteiger partial charge in [0.2, 0.25) is 11.8 Å². The zero-order valence-electron chi connectivity index (χ0n) is 14.3. The van der Waals surface area contributed by atoms with Gasteiger partial charge >= 0.3 is 0 Å². The number of carbonyl (C=O) groups is 2. The van der Waals surface area contributed by atoms with Crippen LogP contribution >= 0.6 is 0 Å². The lowest BCUT2D eigenvalue weighted by molar-refractivity contribution is -0.128. The number of rotatable bonds is 6. The monoisotopic (exact) mass is 338 g/mol. The van der Waals surface area contributed by atoms with Gasteiger partial charge < -0.3 is 15.0 Å². The lowest BCUT2D eigenvalue weighted by atomic mass is 10.1. The van der Waals surface area contributed by atoms with Crippen LogP contribution in [0.4, 0.5) is 5.69 Å². The molecule has 1 heterocycles. The molecule has 1 saturated heterocycles. The minimum atomic E-state index is -0.301. The second-order valence-corrected chi connectivity index (χ2v) is 6.19. The van der Waals surface area contributed by atoms with E-state index in [-0.39, 0.29) is 24.2 Å². The lowest BCUT2D eigenvalue weighted by Gasteiger charge is -2.16. The normalized spacial score (nSPS) is 16.8. The highest BCUT2D eigenvalue weighted by molar-refractivity contribution is 5.97. The highest BCUT2D eigenvalue weighted by atomic mass is 16.5. The van der Waals surface area contributed by atoms with Crippen LogP contribution in [0.15, 0.2) is 54.6 Å². The Bertz CT molecular complexity index is 728. The summed E-state index contributed by atoms with van der Waals surface area (Å²) in [5.41, 5.74) is 1.91. The number of likely N-dealkylation sites (tertiary alicyclic amines) is 1. The molecule has 1 atom stereocenters. The van der Waals surface area contributed by atoms with Crippen LogP contribution < -0.4 is 10.1 Å². The van der Waals surface area contributed by atoms with Gasteiger partial charge in [-0.25, -0.2) is 0 Å². The van der Waals surface area contributed by atoms with Crippen molar-refractivity contribution in [2.24, 2.45) is 5.92 Å². The molecule has 1 aliphatic rings. The molecular formula is C20H22N2O3. The van der Waals surface area contributed by atoms with Gasteiger partial charge in [0.05, 0.1) is 13.0 Å². The summed E-state index contributed by atoms with van der Waals surface area (Å²) in [6, 6.07) is 17.2. The molecule has 25 heavy (non-hydrogen) atoms. The fraction of sp³-hybridized carbons (Fsp3) is 0.300. The number of amides is 2. The van der Waals surface area contributed by atoms with Crippen molar-refractivity contribution in [1.29, 1.82) is 0 Å². The van der Waals surface area contributed by atoms with Gasteiger partial charge in [-0.3, -0.25) is 9.59 Å². The third-order valence-electron chi connectivity index (χ3n) is 4.46. The Labute approximate surface area is 147 Å². The average Bonchev–Trinajstić information content (AvgIpc) is 3.02. The summed E-state index contributed by atoms with van der Waals surface area (Å²) in [4.78, 5) is 26.4. The van der Waals surface area contributed by atoms with Crippen molar-refractivity contribution >= 4 is 17.5 Å². The maximum atomic E-state index is 12.4. The molecule has 0 aromatic heterocycles. The minimum Gasteiger partial charge on any atom is -0.497 e. The molecule has 2 aromatic rings. The Hall–Kier alpha value is -2.82. The Kier molecular flexibility index (Phi) is 5.33. The maximum absolute atomic E-state index is 12.4. The number of hydrogen-bond donors (Lipinski definition) is 1. The highest BCUT2D eigenvalue weighted by Crippen LogP contribution is 2.21. The molecule has 0 bridgehead atoms. The Morgan fingerprint density at radius 2 is 1.88 bits per heavy atom. The number of anilines is 1. The number of nitrogens with one attached hydrogen (secondary N) is 1. The van der Waals surface area contributed by atoms with Crippen LogP contribution in [-0.4, -0.2) is 36.9 Å². The lowest BCUT2D eigenvalue weighted by Crippen LogP contribution is -2.30. The topological polar surface area (TPSA) is 58.6 Å². The van der Waals surface area contributed by atoms with E-state index < -0.39 is 0 Å². The van der Waals surface area contributed by atoms with Crippen LogP contribution in [0.25, 0.3) is 0 Å². The van der Waals surface area contributed by atoms with Crippen molar-refractivity contribution in [2.45, 2.75) is 12.8 Å². The summed E-state index contributed by atoms with van der Waals surface area (Å²) in [6.07, 6.45) is 1.08. The molecule has 1 aliphatic heterocycles. The van der Waals surface area contributed by atoms with Gasteiger partial charge in [-0.05, 0) is 36.2 Å². The second kappa shape index (κ2) is 7.83. The number of ether oxygens (including phenoxy) is 1. The van der Waals surface area contributed by atoms with Gasteiger partial charge in [-0.1, -0.05) is 30.3 Å². The predicted octanol–water partition coefficient (Wildman–Crippen LogP) is 2.72. The number of nitrogens with zero attached hydrogens (tertiary/aromatic N) is 1. The first-order chi connectivity index (χ1) is 12.2. The highest BCUT2D eigenvalue weighted by Gasteiger charge is 2.33. The van der Waals surface area contributed by atoms with Crippen molar-refractivity contribution in [3.63, 3.8) is 0 Å². The summed E-state index contributed by atoms with van der Waals surface area (Å²) >= 11 is 0. The Morgan fingerprint density at radius 1 is 1.16 bits per heavy atom. The molecule has 130 valence electrons. The molecule has 2 amide bonds. The summed E-state index contributed by atoms with van der Waals surface area (Å²) in [7, 11) is 1.60. The summed E-state index contributed by atoms with van der Waals surface area (Å²) < 4.78 is 5.10. The number of hydrogen-bond acceptors (Lipinski definition) is 3. The van der Waals surface area contributed by atoms with Gasteiger partial charge in [0.15, 0.2) is 0 Å². The zero-order chi connectivity index (χ0) is 17.6. The first-order valence-electron chi connectivity index (χ1n) is 8.42. The van der Waals surface area contributed by atoms with Gasteiger partial charge in [-0.2, -0.15) is 0 Å². The Balaban J connectivity index is 1.53. The van der Waals surface area contributed by atoms with E-state index in [0.717, 1.165) is 12.2 Å². The SMILES string of the molecule is COc1ccc(NC(=O)[C@H]2CC(=O)N(CCc3ccccc3)C2)cc1. The largest absolute Gasteiger partial charge is 0.497 e. The van der Waals surface area contributed by atoms with Gasteiger partial charge in [0.1, 0.15) is 5.75 Å². The second-order valence-electron chi connectivity index (χ2n) is 6.19. The van der Waals surface area contributed by atoms with Crippen molar-refractivity contribution in [2.75, 3.05) is 25.5 Å². The molecule has 0 unspecified atom stereocenters. The third-order valence-corrected chi connectivity index (χ3v) is 4.46. The standard InChI is InChI=1S/C20H22N2O3/c1-25-18-9-7-17(8-10-18)21-20(24)16-13-19(23)22(14-16)12-11-15-5-3-2-4-6-15/h2-10,16H,11-14H2,1H3,(H,21,24)/t16-/m0/s1. The van der Waals surface area contributed by atoms with Crippen LogP contribution in [-0.2, 0) is 16.0 Å².